The molecule has 1 aromatic rings. The molecule has 1 aromatic carbocycles. The van der Waals surface area contributed by atoms with E-state index in [0.29, 0.717) is 19.1 Å². The molecular weight excluding hydrogens is 354 g/mol. The fraction of sp³-hybridized carbons (Fsp3) is 0.647. The van der Waals surface area contributed by atoms with Crippen LogP contribution in [0.25, 0.3) is 10.4 Å². The Morgan fingerprint density at radius 2 is 1.81 bits per heavy atom. The highest BCUT2D eigenvalue weighted by Gasteiger charge is 2.33. The van der Waals surface area contributed by atoms with Crippen molar-refractivity contribution >= 4 is 15.7 Å². The molecule has 2 heterocycles. The van der Waals surface area contributed by atoms with Crippen LogP contribution in [0.1, 0.15) is 32.6 Å². The van der Waals surface area contributed by atoms with Crippen LogP contribution >= 0.6 is 0 Å². The standard InChI is InChI=1S/C17H25N5O3S/c1-13-4-8-21(9-5-13)15-6-10-22(11-7-15)26(24,25)17-12-14(19-20-18)2-3-16(17)23/h2-3,12-13,15,23H,4-11H2,1H3. The third-order valence-electron chi connectivity index (χ3n) is 5.48. The third kappa shape index (κ3) is 3.96. The summed E-state index contributed by atoms with van der Waals surface area (Å²) < 4.78 is 27.2. The number of aromatic hydroxyl groups is 1. The molecule has 1 N–H and O–H groups in total. The van der Waals surface area contributed by atoms with Crippen LogP contribution in [0, 0.1) is 5.92 Å². The van der Waals surface area contributed by atoms with Gasteiger partial charge in [0.05, 0.1) is 0 Å². The van der Waals surface area contributed by atoms with Gasteiger partial charge in [-0.25, -0.2) is 8.42 Å². The summed E-state index contributed by atoms with van der Waals surface area (Å²) in [7, 11) is -3.81. The molecule has 0 spiro atoms. The quantitative estimate of drug-likeness (QED) is 0.492. The molecule has 8 nitrogen and oxygen atoms in total. The Labute approximate surface area is 154 Å². The average Bonchev–Trinajstić information content (AvgIpc) is 2.64. The second-order valence-corrected chi connectivity index (χ2v) is 9.10. The van der Waals surface area contributed by atoms with E-state index in [1.807, 2.05) is 0 Å². The summed E-state index contributed by atoms with van der Waals surface area (Å²) in [6, 6.07) is 4.29. The van der Waals surface area contributed by atoms with E-state index in [0.717, 1.165) is 31.8 Å². The monoisotopic (exact) mass is 379 g/mol. The minimum Gasteiger partial charge on any atom is -0.507 e. The number of benzene rings is 1. The van der Waals surface area contributed by atoms with Crippen molar-refractivity contribution in [2.75, 3.05) is 26.2 Å². The van der Waals surface area contributed by atoms with Crippen molar-refractivity contribution in [2.24, 2.45) is 11.0 Å². The first-order chi connectivity index (χ1) is 12.4. The molecule has 0 atom stereocenters. The summed E-state index contributed by atoms with van der Waals surface area (Å²) >= 11 is 0. The minimum absolute atomic E-state index is 0.168. The maximum absolute atomic E-state index is 12.9. The van der Waals surface area contributed by atoms with Gasteiger partial charge in [-0.2, -0.15) is 4.31 Å². The van der Waals surface area contributed by atoms with E-state index < -0.39 is 10.0 Å². The topological polar surface area (TPSA) is 110 Å². The fourth-order valence-corrected chi connectivity index (χ4v) is 5.38. The van der Waals surface area contributed by atoms with Crippen LogP contribution in [0.15, 0.2) is 28.2 Å². The molecule has 142 valence electrons. The first kappa shape index (κ1) is 19.0. The number of azide groups is 1. The zero-order valence-corrected chi connectivity index (χ0v) is 15.8. The van der Waals surface area contributed by atoms with Gasteiger partial charge in [0.15, 0.2) is 0 Å². The normalized spacial score (nSPS) is 21.4. The maximum atomic E-state index is 12.9. The van der Waals surface area contributed by atoms with Gasteiger partial charge in [0.25, 0.3) is 0 Å². The lowest BCUT2D eigenvalue weighted by atomic mass is 9.95. The Balaban J connectivity index is 1.70. The van der Waals surface area contributed by atoms with E-state index in [9.17, 15) is 13.5 Å². The van der Waals surface area contributed by atoms with Crippen molar-refractivity contribution in [3.05, 3.63) is 28.6 Å². The Morgan fingerprint density at radius 3 is 2.42 bits per heavy atom. The molecule has 0 bridgehead atoms. The van der Waals surface area contributed by atoms with Gasteiger partial charge in [0.1, 0.15) is 10.6 Å². The first-order valence-corrected chi connectivity index (χ1v) is 10.5. The second kappa shape index (κ2) is 7.84. The molecule has 3 rings (SSSR count). The Bertz CT molecular complexity index is 791. The summed E-state index contributed by atoms with van der Waals surface area (Å²) in [5.41, 5.74) is 8.70. The number of rotatable bonds is 4. The van der Waals surface area contributed by atoms with Gasteiger partial charge in [-0.05, 0) is 68.4 Å². The molecular formula is C17H25N5O3S. The summed E-state index contributed by atoms with van der Waals surface area (Å²) in [5, 5.41) is 13.4. The van der Waals surface area contributed by atoms with Crippen molar-refractivity contribution in [2.45, 2.75) is 43.5 Å². The molecule has 2 fully saturated rings. The van der Waals surface area contributed by atoms with Crippen molar-refractivity contribution < 1.29 is 13.5 Å². The number of likely N-dealkylation sites (tertiary alicyclic amines) is 1. The van der Waals surface area contributed by atoms with Crippen LogP contribution in [0.5, 0.6) is 5.75 Å². The van der Waals surface area contributed by atoms with Crippen LogP contribution in [-0.2, 0) is 10.0 Å². The molecule has 2 aliphatic rings. The molecule has 9 heteroatoms. The highest BCUT2D eigenvalue weighted by atomic mass is 32.2. The smallest absolute Gasteiger partial charge is 0.246 e. The average molecular weight is 379 g/mol. The van der Waals surface area contributed by atoms with Gasteiger partial charge in [-0.3, -0.25) is 0 Å². The van der Waals surface area contributed by atoms with E-state index >= 15 is 0 Å². The van der Waals surface area contributed by atoms with E-state index in [1.54, 1.807) is 0 Å². The number of phenols is 1. The molecule has 0 amide bonds. The maximum Gasteiger partial charge on any atom is 0.246 e. The Kier molecular flexibility index (Phi) is 5.72. The molecule has 0 aromatic heterocycles. The predicted molar refractivity (Wildman–Crippen MR) is 98.7 cm³/mol. The lowest BCUT2D eigenvalue weighted by Crippen LogP contribution is -2.48. The van der Waals surface area contributed by atoms with E-state index in [1.165, 1.54) is 35.3 Å². The van der Waals surface area contributed by atoms with Crippen molar-refractivity contribution in [1.29, 1.82) is 0 Å². The molecule has 0 unspecified atom stereocenters. The summed E-state index contributed by atoms with van der Waals surface area (Å²) in [6.45, 7) is 5.33. The molecule has 0 aliphatic carbocycles. The van der Waals surface area contributed by atoms with Crippen molar-refractivity contribution in [1.82, 2.24) is 9.21 Å². The fourth-order valence-electron chi connectivity index (χ4n) is 3.80. The summed E-state index contributed by atoms with van der Waals surface area (Å²) in [5.74, 6) is 0.451. The largest absolute Gasteiger partial charge is 0.507 e. The van der Waals surface area contributed by atoms with Crippen LogP contribution < -0.4 is 0 Å². The van der Waals surface area contributed by atoms with Gasteiger partial charge < -0.3 is 10.0 Å². The van der Waals surface area contributed by atoms with Crippen LogP contribution in [-0.4, -0.2) is 55.0 Å². The third-order valence-corrected chi connectivity index (χ3v) is 7.41. The first-order valence-electron chi connectivity index (χ1n) is 9.04. The van der Waals surface area contributed by atoms with Crippen molar-refractivity contribution in [3.63, 3.8) is 0 Å². The zero-order chi connectivity index (χ0) is 18.7. The van der Waals surface area contributed by atoms with E-state index in [4.69, 9.17) is 5.53 Å². The van der Waals surface area contributed by atoms with Crippen molar-refractivity contribution in [3.8, 4) is 5.75 Å². The zero-order valence-electron chi connectivity index (χ0n) is 15.0. The molecule has 0 radical (unpaired) electrons. The minimum atomic E-state index is -3.81. The van der Waals surface area contributed by atoms with Crippen LogP contribution in [0.3, 0.4) is 0 Å². The number of hydrogen-bond acceptors (Lipinski definition) is 5. The van der Waals surface area contributed by atoms with E-state index in [2.05, 4.69) is 21.8 Å². The number of nitrogens with zero attached hydrogens (tertiary/aromatic N) is 5. The molecule has 26 heavy (non-hydrogen) atoms. The Morgan fingerprint density at radius 1 is 1.15 bits per heavy atom. The molecule has 2 aliphatic heterocycles. The van der Waals surface area contributed by atoms with E-state index in [-0.39, 0.29) is 16.3 Å². The molecule has 2 saturated heterocycles. The lowest BCUT2D eigenvalue weighted by Gasteiger charge is -2.41. The summed E-state index contributed by atoms with van der Waals surface area (Å²) in [6.07, 6.45) is 4.01. The number of hydrogen-bond donors (Lipinski definition) is 1. The number of phenolic OH excluding ortho intramolecular Hbond substituents is 1. The highest BCUT2D eigenvalue weighted by molar-refractivity contribution is 7.89. The van der Waals surface area contributed by atoms with Gasteiger partial charge in [-0.1, -0.05) is 12.0 Å². The van der Waals surface area contributed by atoms with Gasteiger partial charge >= 0.3 is 0 Å². The SMILES string of the molecule is CC1CCN(C2CCN(S(=O)(=O)c3cc(N=[N+]=[N-])ccc3O)CC2)CC1. The lowest BCUT2D eigenvalue weighted by molar-refractivity contribution is 0.101. The van der Waals surface area contributed by atoms with Gasteiger partial charge in [0.2, 0.25) is 10.0 Å². The predicted octanol–water partition coefficient (Wildman–Crippen LogP) is 3.22. The van der Waals surface area contributed by atoms with Crippen LogP contribution in [0.4, 0.5) is 5.69 Å². The summed E-state index contributed by atoms with van der Waals surface area (Å²) in [4.78, 5) is 4.96. The van der Waals surface area contributed by atoms with Crippen LogP contribution in [0.2, 0.25) is 0 Å². The molecule has 0 saturated carbocycles. The van der Waals surface area contributed by atoms with Gasteiger partial charge in [0, 0.05) is 29.7 Å². The Hall–Kier alpha value is -1.80. The highest BCUT2D eigenvalue weighted by Crippen LogP contribution is 2.32. The number of piperidine rings is 2. The second-order valence-electron chi connectivity index (χ2n) is 7.20. The van der Waals surface area contributed by atoms with Gasteiger partial charge in [-0.15, -0.1) is 0 Å². The number of sulfonamides is 1.